The predicted octanol–water partition coefficient (Wildman–Crippen LogP) is 2.91. The average Bonchev–Trinajstić information content (AvgIpc) is 3.03. The summed E-state index contributed by atoms with van der Waals surface area (Å²) in [5.41, 5.74) is 4.10. The second-order valence-corrected chi connectivity index (χ2v) is 6.96. The molecule has 0 radical (unpaired) electrons. The second-order valence-electron chi connectivity index (χ2n) is 4.95. The Morgan fingerprint density at radius 1 is 1.42 bits per heavy atom. The van der Waals surface area contributed by atoms with Crippen molar-refractivity contribution in [3.05, 3.63) is 26.7 Å². The summed E-state index contributed by atoms with van der Waals surface area (Å²) in [7, 11) is 2.05. The Morgan fingerprint density at radius 3 is 2.79 bits per heavy atom. The van der Waals surface area contributed by atoms with E-state index in [1.165, 1.54) is 17.7 Å². The Hall–Kier alpha value is -0.980. The van der Waals surface area contributed by atoms with Crippen LogP contribution in [0.1, 0.15) is 39.9 Å². The molecule has 1 saturated carbocycles. The van der Waals surface area contributed by atoms with Crippen LogP contribution in [0.2, 0.25) is 0 Å². The van der Waals surface area contributed by atoms with Crippen molar-refractivity contribution in [2.75, 3.05) is 11.9 Å². The minimum absolute atomic E-state index is 0.108. The van der Waals surface area contributed by atoms with Crippen molar-refractivity contribution in [1.29, 1.82) is 0 Å². The highest BCUT2D eigenvalue weighted by molar-refractivity contribution is 7.15. The van der Waals surface area contributed by atoms with E-state index in [2.05, 4.69) is 16.9 Å². The zero-order chi connectivity index (χ0) is 13.4. The molecule has 0 amide bonds. The highest BCUT2D eigenvalue weighted by Crippen LogP contribution is 2.44. The van der Waals surface area contributed by atoms with Crippen molar-refractivity contribution in [3.63, 3.8) is 0 Å². The minimum atomic E-state index is 0.108. The lowest BCUT2D eigenvalue weighted by Gasteiger charge is -2.14. The van der Waals surface area contributed by atoms with Crippen LogP contribution in [0, 0.1) is 6.92 Å². The van der Waals surface area contributed by atoms with Gasteiger partial charge in [-0.3, -0.25) is 0 Å². The van der Waals surface area contributed by atoms with Gasteiger partial charge in [-0.2, -0.15) is 0 Å². The number of rotatable bonds is 5. The normalized spacial score (nSPS) is 14.9. The van der Waals surface area contributed by atoms with Gasteiger partial charge in [0.15, 0.2) is 5.13 Å². The molecule has 2 aromatic heterocycles. The number of aliphatic hydroxyl groups excluding tert-OH is 1. The van der Waals surface area contributed by atoms with Gasteiger partial charge in [0, 0.05) is 17.8 Å². The fourth-order valence-corrected chi connectivity index (χ4v) is 3.86. The van der Waals surface area contributed by atoms with Gasteiger partial charge in [0.25, 0.3) is 0 Å². The fraction of sp³-hybridized carbons (Fsp3) is 0.538. The van der Waals surface area contributed by atoms with E-state index >= 15 is 0 Å². The molecule has 1 aliphatic rings. The molecular formula is C13H17N3OS2. The summed E-state index contributed by atoms with van der Waals surface area (Å²) in [5, 5.41) is 10.4. The Kier molecular flexibility index (Phi) is 3.56. The lowest BCUT2D eigenvalue weighted by Crippen LogP contribution is -2.15. The largest absolute Gasteiger partial charge is 0.391 e. The molecule has 1 aliphatic carbocycles. The van der Waals surface area contributed by atoms with Gasteiger partial charge in [0.2, 0.25) is 0 Å². The molecule has 0 bridgehead atoms. The van der Waals surface area contributed by atoms with E-state index in [0.717, 1.165) is 27.9 Å². The zero-order valence-corrected chi connectivity index (χ0v) is 12.7. The van der Waals surface area contributed by atoms with E-state index in [1.807, 2.05) is 12.4 Å². The van der Waals surface area contributed by atoms with Gasteiger partial charge in [-0.15, -0.1) is 11.3 Å². The first kappa shape index (κ1) is 13.0. The smallest absolute Gasteiger partial charge is 0.185 e. The fourth-order valence-electron chi connectivity index (χ4n) is 2.06. The second kappa shape index (κ2) is 5.19. The van der Waals surface area contributed by atoms with Gasteiger partial charge in [0.1, 0.15) is 0 Å². The van der Waals surface area contributed by atoms with E-state index < -0.39 is 0 Å². The van der Waals surface area contributed by atoms with Crippen molar-refractivity contribution < 1.29 is 5.11 Å². The topological polar surface area (TPSA) is 49.2 Å². The maximum atomic E-state index is 9.43. The lowest BCUT2D eigenvalue weighted by atomic mass is 10.2. The van der Waals surface area contributed by atoms with E-state index in [-0.39, 0.29) is 6.61 Å². The SMILES string of the molecule is Cc1ncsc1CN(C)c1nc(C2CC2)c(CO)s1. The molecule has 19 heavy (non-hydrogen) atoms. The van der Waals surface area contributed by atoms with Crippen molar-refractivity contribution in [2.24, 2.45) is 0 Å². The Balaban J connectivity index is 1.79. The summed E-state index contributed by atoms with van der Waals surface area (Å²) >= 11 is 3.30. The molecule has 102 valence electrons. The third-order valence-electron chi connectivity index (χ3n) is 3.38. The Bertz CT molecular complexity index is 574. The number of aryl methyl sites for hydroxylation is 1. The van der Waals surface area contributed by atoms with Crippen LogP contribution in [0.4, 0.5) is 5.13 Å². The molecule has 0 aromatic carbocycles. The number of thiazole rings is 2. The number of aliphatic hydroxyl groups is 1. The molecule has 0 aliphatic heterocycles. The van der Waals surface area contributed by atoms with E-state index in [9.17, 15) is 5.11 Å². The van der Waals surface area contributed by atoms with Gasteiger partial charge in [-0.1, -0.05) is 11.3 Å². The zero-order valence-electron chi connectivity index (χ0n) is 11.1. The molecular weight excluding hydrogens is 278 g/mol. The predicted molar refractivity (Wildman–Crippen MR) is 79.0 cm³/mol. The van der Waals surface area contributed by atoms with Crippen molar-refractivity contribution in [1.82, 2.24) is 9.97 Å². The molecule has 4 nitrogen and oxygen atoms in total. The Morgan fingerprint density at radius 2 is 2.21 bits per heavy atom. The summed E-state index contributed by atoms with van der Waals surface area (Å²) < 4.78 is 0. The molecule has 0 saturated heterocycles. The van der Waals surface area contributed by atoms with Crippen LogP contribution in [-0.4, -0.2) is 22.1 Å². The van der Waals surface area contributed by atoms with E-state index in [1.54, 1.807) is 22.7 Å². The summed E-state index contributed by atoms with van der Waals surface area (Å²) in [6, 6.07) is 0. The number of hydrogen-bond acceptors (Lipinski definition) is 6. The summed E-state index contributed by atoms with van der Waals surface area (Å²) in [6.07, 6.45) is 2.43. The number of aromatic nitrogens is 2. The van der Waals surface area contributed by atoms with Crippen LogP contribution >= 0.6 is 22.7 Å². The highest BCUT2D eigenvalue weighted by Gasteiger charge is 2.30. The average molecular weight is 295 g/mol. The van der Waals surface area contributed by atoms with Crippen LogP contribution in [0.3, 0.4) is 0 Å². The maximum Gasteiger partial charge on any atom is 0.185 e. The molecule has 2 aromatic rings. The molecule has 3 rings (SSSR count). The maximum absolute atomic E-state index is 9.43. The van der Waals surface area contributed by atoms with E-state index in [0.29, 0.717) is 5.92 Å². The first-order valence-corrected chi connectivity index (χ1v) is 8.09. The molecule has 6 heteroatoms. The minimum Gasteiger partial charge on any atom is -0.391 e. The monoisotopic (exact) mass is 295 g/mol. The molecule has 2 heterocycles. The van der Waals surface area contributed by atoms with Crippen LogP contribution < -0.4 is 4.90 Å². The number of anilines is 1. The van der Waals surface area contributed by atoms with Gasteiger partial charge in [-0.05, 0) is 19.8 Å². The van der Waals surface area contributed by atoms with Crippen LogP contribution in [-0.2, 0) is 13.2 Å². The molecule has 1 fully saturated rings. The van der Waals surface area contributed by atoms with E-state index in [4.69, 9.17) is 4.98 Å². The van der Waals surface area contributed by atoms with Gasteiger partial charge >= 0.3 is 0 Å². The summed E-state index contributed by atoms with van der Waals surface area (Å²) in [6.45, 7) is 2.98. The lowest BCUT2D eigenvalue weighted by molar-refractivity contribution is 0.284. The summed E-state index contributed by atoms with van der Waals surface area (Å²) in [5.74, 6) is 0.589. The van der Waals surface area contributed by atoms with Crippen molar-refractivity contribution in [3.8, 4) is 0 Å². The van der Waals surface area contributed by atoms with Crippen LogP contribution in [0.15, 0.2) is 5.51 Å². The third-order valence-corrected chi connectivity index (χ3v) is 5.47. The van der Waals surface area contributed by atoms with Gasteiger partial charge in [0.05, 0.1) is 34.9 Å². The van der Waals surface area contributed by atoms with Gasteiger partial charge < -0.3 is 10.0 Å². The quantitative estimate of drug-likeness (QED) is 0.921. The van der Waals surface area contributed by atoms with Crippen LogP contribution in [0.5, 0.6) is 0 Å². The first-order chi connectivity index (χ1) is 9.19. The first-order valence-electron chi connectivity index (χ1n) is 6.39. The van der Waals surface area contributed by atoms with Crippen molar-refractivity contribution in [2.45, 2.75) is 38.8 Å². The van der Waals surface area contributed by atoms with Gasteiger partial charge in [-0.25, -0.2) is 9.97 Å². The van der Waals surface area contributed by atoms with Crippen molar-refractivity contribution >= 4 is 27.8 Å². The summed E-state index contributed by atoms with van der Waals surface area (Å²) in [4.78, 5) is 13.5. The molecule has 0 atom stereocenters. The molecule has 0 spiro atoms. The van der Waals surface area contributed by atoms with Crippen LogP contribution in [0.25, 0.3) is 0 Å². The Labute approximate surface area is 120 Å². The number of nitrogens with zero attached hydrogens (tertiary/aromatic N) is 3. The highest BCUT2D eigenvalue weighted by atomic mass is 32.1. The standard InChI is InChI=1S/C13H17N3OS2/c1-8-10(18-7-14-8)5-16(2)13-15-12(9-3-4-9)11(6-17)19-13/h7,9,17H,3-6H2,1-2H3. The molecule has 0 unspecified atom stereocenters. The third kappa shape index (κ3) is 2.66. The number of hydrogen-bond donors (Lipinski definition) is 1. The molecule has 1 N–H and O–H groups in total.